The number of amides is 1. The third kappa shape index (κ3) is 3.52. The molecule has 112 valence electrons. The summed E-state index contributed by atoms with van der Waals surface area (Å²) in [6, 6.07) is 8.64. The Bertz CT molecular complexity index is 647. The van der Waals surface area contributed by atoms with Gasteiger partial charge in [-0.15, -0.1) is 0 Å². The van der Waals surface area contributed by atoms with Gasteiger partial charge in [-0.2, -0.15) is 0 Å². The van der Waals surface area contributed by atoms with Crippen molar-refractivity contribution in [3.05, 3.63) is 41.6 Å². The third-order valence-corrected chi connectivity index (χ3v) is 3.09. The number of aromatic nitrogens is 1. The molecule has 0 aliphatic rings. The fourth-order valence-electron chi connectivity index (χ4n) is 2.22. The number of hydrogen-bond donors (Lipinski definition) is 1. The van der Waals surface area contributed by atoms with Crippen LogP contribution in [0.25, 0.3) is 10.9 Å². The molecule has 0 radical (unpaired) electrons. The number of nitrogens with zero attached hydrogens (tertiary/aromatic N) is 2. The first-order valence-corrected chi connectivity index (χ1v) is 6.57. The van der Waals surface area contributed by atoms with E-state index in [0.717, 1.165) is 4.90 Å². The maximum absolute atomic E-state index is 12.6. The Morgan fingerprint density at radius 3 is 2.76 bits per heavy atom. The fourth-order valence-corrected chi connectivity index (χ4v) is 2.22. The minimum absolute atomic E-state index is 0.126. The monoisotopic (exact) mass is 294 g/mol. The number of hydrogen-bond acceptors (Lipinski definition) is 3. The van der Waals surface area contributed by atoms with Crippen LogP contribution in [0.2, 0.25) is 0 Å². The number of para-hydroxylation sites is 1. The summed E-state index contributed by atoms with van der Waals surface area (Å²) >= 11 is 0. The molecule has 6 heteroatoms. The summed E-state index contributed by atoms with van der Waals surface area (Å²) in [6.07, 6.45) is -2.64. The van der Waals surface area contributed by atoms with Gasteiger partial charge in [0.15, 0.2) is 0 Å². The number of carbonyl (C=O) groups excluding carboxylic acids is 1. The second-order valence-corrected chi connectivity index (χ2v) is 4.69. The summed E-state index contributed by atoms with van der Waals surface area (Å²) in [5, 5.41) is 9.58. The lowest BCUT2D eigenvalue weighted by atomic mass is 10.1. The highest BCUT2D eigenvalue weighted by Crippen LogP contribution is 2.20. The van der Waals surface area contributed by atoms with Crippen molar-refractivity contribution >= 4 is 16.8 Å². The van der Waals surface area contributed by atoms with Gasteiger partial charge in [0.2, 0.25) is 0 Å². The summed E-state index contributed by atoms with van der Waals surface area (Å²) in [6.45, 7) is 0.557. The quantitative estimate of drug-likeness (QED) is 0.920. The molecule has 1 amide bonds. The Labute approximate surface area is 121 Å². The number of fused-ring (bicyclic) bond motifs is 1. The minimum atomic E-state index is -2.64. The number of pyridine rings is 1. The lowest BCUT2D eigenvalue weighted by molar-refractivity contribution is 0.0511. The average Bonchev–Trinajstić information content (AvgIpc) is 2.44. The van der Waals surface area contributed by atoms with E-state index >= 15 is 0 Å². The first-order chi connectivity index (χ1) is 10.0. The molecule has 0 saturated carbocycles. The zero-order valence-electron chi connectivity index (χ0n) is 11.6. The predicted octanol–water partition coefficient (Wildman–Crippen LogP) is 2.24. The van der Waals surface area contributed by atoms with Crippen molar-refractivity contribution in [2.24, 2.45) is 0 Å². The molecule has 1 aromatic heterocycles. The van der Waals surface area contributed by atoms with Gasteiger partial charge in [0.05, 0.1) is 24.2 Å². The van der Waals surface area contributed by atoms with Gasteiger partial charge in [-0.25, -0.2) is 8.78 Å². The van der Waals surface area contributed by atoms with Gasteiger partial charge >= 0.3 is 0 Å². The molecule has 2 rings (SSSR count). The molecular formula is C15H16F2N2O2. The van der Waals surface area contributed by atoms with Crippen LogP contribution in [-0.2, 0) is 0 Å². The Hall–Kier alpha value is -2.08. The standard InChI is InChI=1S/C15H16F2N2O2/c1-10-8-12(11-4-2-3-5-13(11)18-10)15(21)19(6-7-20)9-14(16)17/h2-5,8,14,20H,6-7,9H2,1H3. The summed E-state index contributed by atoms with van der Waals surface area (Å²) in [4.78, 5) is 17.8. The van der Waals surface area contributed by atoms with Gasteiger partial charge in [-0.1, -0.05) is 18.2 Å². The highest BCUT2D eigenvalue weighted by molar-refractivity contribution is 6.06. The van der Waals surface area contributed by atoms with Crippen molar-refractivity contribution in [2.45, 2.75) is 13.3 Å². The van der Waals surface area contributed by atoms with Crippen LogP contribution < -0.4 is 0 Å². The number of carbonyl (C=O) groups is 1. The van der Waals surface area contributed by atoms with Gasteiger partial charge in [-0.05, 0) is 19.1 Å². The molecule has 0 unspecified atom stereocenters. The molecule has 1 aromatic carbocycles. The van der Waals surface area contributed by atoms with Gasteiger partial charge in [0.25, 0.3) is 12.3 Å². The Morgan fingerprint density at radius 1 is 1.38 bits per heavy atom. The first kappa shape index (κ1) is 15.3. The summed E-state index contributed by atoms with van der Waals surface area (Å²) in [7, 11) is 0. The van der Waals surface area contributed by atoms with Crippen LogP contribution in [0.4, 0.5) is 8.78 Å². The lowest BCUT2D eigenvalue weighted by Gasteiger charge is -2.22. The smallest absolute Gasteiger partial charge is 0.255 e. The second-order valence-electron chi connectivity index (χ2n) is 4.69. The summed E-state index contributed by atoms with van der Waals surface area (Å²) in [5.41, 5.74) is 1.60. The molecule has 0 bridgehead atoms. The van der Waals surface area contributed by atoms with Crippen LogP contribution in [-0.4, -0.2) is 47.0 Å². The van der Waals surface area contributed by atoms with E-state index in [0.29, 0.717) is 22.2 Å². The maximum Gasteiger partial charge on any atom is 0.255 e. The van der Waals surface area contributed by atoms with E-state index in [4.69, 9.17) is 5.11 Å². The van der Waals surface area contributed by atoms with Crippen molar-refractivity contribution in [3.8, 4) is 0 Å². The minimum Gasteiger partial charge on any atom is -0.395 e. The second kappa shape index (κ2) is 6.58. The van der Waals surface area contributed by atoms with Gasteiger partial charge < -0.3 is 10.0 Å². The number of aliphatic hydroxyl groups excluding tert-OH is 1. The van der Waals surface area contributed by atoms with E-state index < -0.39 is 18.9 Å². The molecule has 4 nitrogen and oxygen atoms in total. The van der Waals surface area contributed by atoms with Crippen LogP contribution in [0.3, 0.4) is 0 Å². The zero-order chi connectivity index (χ0) is 15.4. The summed E-state index contributed by atoms with van der Waals surface area (Å²) in [5.74, 6) is -0.522. The topological polar surface area (TPSA) is 53.4 Å². The molecule has 0 saturated heterocycles. The molecule has 2 aromatic rings. The van der Waals surface area contributed by atoms with Crippen LogP contribution in [0.1, 0.15) is 16.1 Å². The molecule has 0 spiro atoms. The van der Waals surface area contributed by atoms with Gasteiger partial charge in [0.1, 0.15) is 0 Å². The average molecular weight is 294 g/mol. The fraction of sp³-hybridized carbons (Fsp3) is 0.333. The van der Waals surface area contributed by atoms with Crippen LogP contribution in [0.5, 0.6) is 0 Å². The SMILES string of the molecule is Cc1cc(C(=O)N(CCO)CC(F)F)c2ccccc2n1. The van der Waals surface area contributed by atoms with Crippen molar-refractivity contribution in [1.82, 2.24) is 9.88 Å². The van der Waals surface area contributed by atoms with E-state index in [2.05, 4.69) is 4.98 Å². The predicted molar refractivity (Wildman–Crippen MR) is 75.5 cm³/mol. The number of rotatable bonds is 5. The van der Waals surface area contributed by atoms with Crippen molar-refractivity contribution < 1.29 is 18.7 Å². The van der Waals surface area contributed by atoms with Crippen LogP contribution in [0.15, 0.2) is 30.3 Å². The van der Waals surface area contributed by atoms with E-state index in [-0.39, 0.29) is 13.2 Å². The molecule has 1 N–H and O–H groups in total. The van der Waals surface area contributed by atoms with E-state index in [1.54, 1.807) is 37.3 Å². The maximum atomic E-state index is 12.6. The Kier molecular flexibility index (Phi) is 4.80. The molecule has 0 fully saturated rings. The zero-order valence-corrected chi connectivity index (χ0v) is 11.6. The Morgan fingerprint density at radius 2 is 2.10 bits per heavy atom. The molecule has 0 atom stereocenters. The first-order valence-electron chi connectivity index (χ1n) is 6.57. The highest BCUT2D eigenvalue weighted by atomic mass is 19.3. The van der Waals surface area contributed by atoms with E-state index in [1.807, 2.05) is 0 Å². The van der Waals surface area contributed by atoms with Crippen molar-refractivity contribution in [2.75, 3.05) is 19.7 Å². The molecule has 21 heavy (non-hydrogen) atoms. The third-order valence-electron chi connectivity index (χ3n) is 3.09. The highest BCUT2D eigenvalue weighted by Gasteiger charge is 2.21. The number of aliphatic hydroxyl groups is 1. The molecule has 0 aliphatic heterocycles. The lowest BCUT2D eigenvalue weighted by Crippen LogP contribution is -2.37. The number of aryl methyl sites for hydroxylation is 1. The molecule has 1 heterocycles. The van der Waals surface area contributed by atoms with Crippen LogP contribution >= 0.6 is 0 Å². The summed E-state index contributed by atoms with van der Waals surface area (Å²) < 4.78 is 25.2. The molecular weight excluding hydrogens is 278 g/mol. The van der Waals surface area contributed by atoms with Gasteiger partial charge in [0, 0.05) is 17.6 Å². The normalized spacial score (nSPS) is 11.1. The van der Waals surface area contributed by atoms with E-state index in [9.17, 15) is 13.6 Å². The largest absolute Gasteiger partial charge is 0.395 e. The molecule has 0 aliphatic carbocycles. The Balaban J connectivity index is 2.45. The number of alkyl halides is 2. The van der Waals surface area contributed by atoms with Crippen molar-refractivity contribution in [1.29, 1.82) is 0 Å². The van der Waals surface area contributed by atoms with Crippen LogP contribution in [0, 0.1) is 6.92 Å². The van der Waals surface area contributed by atoms with Crippen molar-refractivity contribution in [3.63, 3.8) is 0 Å². The number of benzene rings is 1. The van der Waals surface area contributed by atoms with E-state index in [1.165, 1.54) is 0 Å². The number of halogens is 2. The van der Waals surface area contributed by atoms with Gasteiger partial charge in [-0.3, -0.25) is 9.78 Å².